The van der Waals surface area contributed by atoms with Crippen LogP contribution in [0.3, 0.4) is 0 Å². The third kappa shape index (κ3) is 4.52. The third-order valence-electron chi connectivity index (χ3n) is 2.15. The first-order valence-corrected chi connectivity index (χ1v) is 5.69. The van der Waals surface area contributed by atoms with Gasteiger partial charge >= 0.3 is 0 Å². The lowest BCUT2D eigenvalue weighted by Gasteiger charge is -2.11. The van der Waals surface area contributed by atoms with E-state index in [1.807, 2.05) is 18.2 Å². The Morgan fingerprint density at radius 1 is 1.40 bits per heavy atom. The molecule has 1 aromatic heterocycles. The molecule has 0 spiro atoms. The Morgan fingerprint density at radius 2 is 2.13 bits per heavy atom. The van der Waals surface area contributed by atoms with Crippen molar-refractivity contribution in [1.82, 2.24) is 4.98 Å². The highest BCUT2D eigenvalue weighted by atomic mass is 35.5. The minimum absolute atomic E-state index is 0.157. The Bertz CT molecular complexity index is 301. The molecule has 1 aromatic rings. The average Bonchev–Trinajstić information content (AvgIpc) is 2.16. The molecule has 2 nitrogen and oxygen atoms in total. The number of pyridine rings is 1. The maximum atomic E-state index is 6.23. The van der Waals surface area contributed by atoms with Crippen LogP contribution < -0.4 is 4.74 Å². The van der Waals surface area contributed by atoms with Gasteiger partial charge in [-0.05, 0) is 18.4 Å². The second kappa shape index (κ2) is 5.96. The summed E-state index contributed by atoms with van der Waals surface area (Å²) in [5.41, 5.74) is 0.995. The van der Waals surface area contributed by atoms with Crippen molar-refractivity contribution in [3.05, 3.63) is 23.9 Å². The number of alkyl halides is 1. The van der Waals surface area contributed by atoms with Crippen molar-refractivity contribution in [2.45, 2.75) is 32.1 Å². The van der Waals surface area contributed by atoms with E-state index in [0.717, 1.165) is 18.5 Å². The topological polar surface area (TPSA) is 22.1 Å². The number of nitrogens with zero attached hydrogens (tertiary/aromatic N) is 1. The van der Waals surface area contributed by atoms with Crippen LogP contribution in [-0.2, 0) is 6.42 Å². The molecule has 0 saturated heterocycles. The van der Waals surface area contributed by atoms with Gasteiger partial charge in [-0.1, -0.05) is 19.9 Å². The van der Waals surface area contributed by atoms with Crippen LogP contribution in [0, 0.1) is 5.92 Å². The Morgan fingerprint density at radius 3 is 2.73 bits per heavy atom. The number of hydrogen-bond acceptors (Lipinski definition) is 2. The molecular weight excluding hydrogens is 210 g/mol. The monoisotopic (exact) mass is 227 g/mol. The van der Waals surface area contributed by atoms with E-state index in [2.05, 4.69) is 18.8 Å². The van der Waals surface area contributed by atoms with E-state index in [0.29, 0.717) is 11.8 Å². The molecule has 15 heavy (non-hydrogen) atoms. The van der Waals surface area contributed by atoms with E-state index in [9.17, 15) is 0 Å². The van der Waals surface area contributed by atoms with Gasteiger partial charge in [0, 0.05) is 23.6 Å². The summed E-state index contributed by atoms with van der Waals surface area (Å²) < 4.78 is 5.06. The molecule has 0 aliphatic rings. The Hall–Kier alpha value is -0.760. The van der Waals surface area contributed by atoms with Gasteiger partial charge in [-0.25, -0.2) is 4.98 Å². The van der Waals surface area contributed by atoms with Gasteiger partial charge in [0.2, 0.25) is 5.88 Å². The molecule has 0 aliphatic carbocycles. The second-order valence-corrected chi connectivity index (χ2v) is 4.72. The van der Waals surface area contributed by atoms with Crippen molar-refractivity contribution in [2.24, 2.45) is 5.92 Å². The molecule has 0 saturated carbocycles. The van der Waals surface area contributed by atoms with Crippen LogP contribution in [0.25, 0.3) is 0 Å². The van der Waals surface area contributed by atoms with Crippen molar-refractivity contribution in [2.75, 3.05) is 7.11 Å². The number of methoxy groups -OCH3 is 1. The van der Waals surface area contributed by atoms with Gasteiger partial charge in [0.25, 0.3) is 0 Å². The van der Waals surface area contributed by atoms with E-state index in [-0.39, 0.29) is 5.38 Å². The Labute approximate surface area is 96.6 Å². The highest BCUT2D eigenvalue weighted by molar-refractivity contribution is 6.20. The normalized spacial score (nSPS) is 12.9. The number of halogens is 1. The second-order valence-electron chi connectivity index (χ2n) is 4.10. The van der Waals surface area contributed by atoms with Crippen LogP contribution in [0.4, 0.5) is 0 Å². The highest BCUT2D eigenvalue weighted by Gasteiger charge is 2.09. The molecule has 1 heterocycles. The predicted molar refractivity (Wildman–Crippen MR) is 63.6 cm³/mol. The number of aromatic nitrogens is 1. The van der Waals surface area contributed by atoms with Crippen LogP contribution in [0.1, 0.15) is 26.0 Å². The summed E-state index contributed by atoms with van der Waals surface area (Å²) in [5.74, 6) is 1.28. The van der Waals surface area contributed by atoms with Crippen LogP contribution in [0.5, 0.6) is 5.88 Å². The first-order chi connectivity index (χ1) is 7.11. The fourth-order valence-corrected chi connectivity index (χ4v) is 2.02. The molecule has 84 valence electrons. The summed E-state index contributed by atoms with van der Waals surface area (Å²) in [5, 5.41) is 0.157. The molecule has 0 amide bonds. The highest BCUT2D eigenvalue weighted by Crippen LogP contribution is 2.16. The first kappa shape index (κ1) is 12.3. The Kier molecular flexibility index (Phi) is 4.89. The Balaban J connectivity index is 2.55. The third-order valence-corrected chi connectivity index (χ3v) is 2.48. The van der Waals surface area contributed by atoms with Crippen molar-refractivity contribution in [3.8, 4) is 5.88 Å². The lowest BCUT2D eigenvalue weighted by atomic mass is 10.0. The van der Waals surface area contributed by atoms with E-state index in [1.165, 1.54) is 0 Å². The molecule has 1 rings (SSSR count). The standard InChI is InChI=1S/C12H18ClNO/c1-9(2)7-10(13)8-11-5-4-6-12(14-11)15-3/h4-6,9-10H,7-8H2,1-3H3. The average molecular weight is 228 g/mol. The smallest absolute Gasteiger partial charge is 0.213 e. The fourth-order valence-electron chi connectivity index (χ4n) is 1.51. The minimum Gasteiger partial charge on any atom is -0.481 e. The minimum atomic E-state index is 0.157. The molecule has 0 aromatic carbocycles. The van der Waals surface area contributed by atoms with Gasteiger partial charge in [-0.2, -0.15) is 0 Å². The van der Waals surface area contributed by atoms with Gasteiger partial charge in [-0.3, -0.25) is 0 Å². The van der Waals surface area contributed by atoms with Crippen LogP contribution in [-0.4, -0.2) is 17.5 Å². The van der Waals surface area contributed by atoms with E-state index in [1.54, 1.807) is 7.11 Å². The zero-order chi connectivity index (χ0) is 11.3. The fraction of sp³-hybridized carbons (Fsp3) is 0.583. The van der Waals surface area contributed by atoms with Gasteiger partial charge in [0.1, 0.15) is 0 Å². The summed E-state index contributed by atoms with van der Waals surface area (Å²) in [6.07, 6.45) is 1.82. The molecule has 0 aliphatic heterocycles. The van der Waals surface area contributed by atoms with Crippen LogP contribution in [0.2, 0.25) is 0 Å². The summed E-state index contributed by atoms with van der Waals surface area (Å²) in [6.45, 7) is 4.35. The van der Waals surface area contributed by atoms with Crippen molar-refractivity contribution in [3.63, 3.8) is 0 Å². The summed E-state index contributed by atoms with van der Waals surface area (Å²) >= 11 is 6.23. The zero-order valence-corrected chi connectivity index (χ0v) is 10.3. The maximum absolute atomic E-state index is 6.23. The van der Waals surface area contributed by atoms with Crippen LogP contribution >= 0.6 is 11.6 Å². The molecule has 1 unspecified atom stereocenters. The van der Waals surface area contributed by atoms with Gasteiger partial charge in [-0.15, -0.1) is 11.6 Å². The van der Waals surface area contributed by atoms with Crippen LogP contribution in [0.15, 0.2) is 18.2 Å². The molecular formula is C12H18ClNO. The molecule has 1 atom stereocenters. The number of rotatable bonds is 5. The van der Waals surface area contributed by atoms with Gasteiger partial charge < -0.3 is 4.74 Å². The van der Waals surface area contributed by atoms with Gasteiger partial charge in [0.15, 0.2) is 0 Å². The SMILES string of the molecule is COc1cccc(CC(Cl)CC(C)C)n1. The molecule has 0 N–H and O–H groups in total. The summed E-state index contributed by atoms with van der Waals surface area (Å²) in [7, 11) is 1.62. The van der Waals surface area contributed by atoms with Gasteiger partial charge in [0.05, 0.1) is 7.11 Å². The first-order valence-electron chi connectivity index (χ1n) is 5.25. The quantitative estimate of drug-likeness (QED) is 0.721. The van der Waals surface area contributed by atoms with E-state index < -0.39 is 0 Å². The van der Waals surface area contributed by atoms with Crippen molar-refractivity contribution >= 4 is 11.6 Å². The number of hydrogen-bond donors (Lipinski definition) is 0. The predicted octanol–water partition coefficient (Wildman–Crippen LogP) is 3.29. The maximum Gasteiger partial charge on any atom is 0.213 e. The van der Waals surface area contributed by atoms with E-state index >= 15 is 0 Å². The largest absolute Gasteiger partial charge is 0.481 e. The molecule has 0 fully saturated rings. The lowest BCUT2D eigenvalue weighted by Crippen LogP contribution is -2.08. The number of ether oxygens (including phenoxy) is 1. The molecule has 0 radical (unpaired) electrons. The summed E-state index contributed by atoms with van der Waals surface area (Å²) in [4.78, 5) is 4.33. The summed E-state index contributed by atoms with van der Waals surface area (Å²) in [6, 6.07) is 5.77. The van der Waals surface area contributed by atoms with Crippen molar-refractivity contribution < 1.29 is 4.74 Å². The molecule has 0 bridgehead atoms. The zero-order valence-electron chi connectivity index (χ0n) is 9.53. The van der Waals surface area contributed by atoms with Crippen molar-refractivity contribution in [1.29, 1.82) is 0 Å². The lowest BCUT2D eigenvalue weighted by molar-refractivity contribution is 0.396. The van der Waals surface area contributed by atoms with E-state index in [4.69, 9.17) is 16.3 Å². The molecule has 3 heteroatoms.